The van der Waals surface area contributed by atoms with Gasteiger partial charge in [0.15, 0.2) is 0 Å². The molecule has 6 nitrogen and oxygen atoms in total. The molecule has 0 aromatic rings. The first kappa shape index (κ1) is 8.79. The molecular weight excluding hydrogens is 164 g/mol. The lowest BCUT2D eigenvalue weighted by atomic mass is 10.1. The Labute approximate surface area is 68.6 Å². The Hall–Kier alpha value is -1.30. The largest absolute Gasteiger partial charge is 0.481 e. The number of rotatable bonds is 1. The fourth-order valence-corrected chi connectivity index (χ4v) is 1.25. The van der Waals surface area contributed by atoms with Crippen molar-refractivity contribution >= 4 is 12.1 Å². The molecule has 68 valence electrons. The molecule has 0 aromatic carbocycles. The summed E-state index contributed by atoms with van der Waals surface area (Å²) in [4.78, 5) is 21.9. The Bertz CT molecular complexity index is 218. The molecule has 0 saturated carbocycles. The van der Waals surface area contributed by atoms with Gasteiger partial charge in [-0.3, -0.25) is 4.79 Å². The standard InChI is InChI=1S/C6H10N2O4/c7-4-2-8(6(11)12)1-3(4)5(9)10/h3-4H,1-2,7H2,(H,9,10)(H,11,12)/t3-,4+/m0/s1. The molecule has 0 aromatic heterocycles. The fourth-order valence-electron chi connectivity index (χ4n) is 1.25. The third-order valence-electron chi connectivity index (χ3n) is 1.95. The number of nitrogens with zero attached hydrogens (tertiary/aromatic N) is 1. The van der Waals surface area contributed by atoms with Gasteiger partial charge >= 0.3 is 12.1 Å². The van der Waals surface area contributed by atoms with E-state index in [1.807, 2.05) is 0 Å². The van der Waals surface area contributed by atoms with E-state index in [0.29, 0.717) is 0 Å². The van der Waals surface area contributed by atoms with E-state index in [1.54, 1.807) is 0 Å². The molecule has 1 aliphatic rings. The monoisotopic (exact) mass is 174 g/mol. The van der Waals surface area contributed by atoms with Crippen molar-refractivity contribution < 1.29 is 19.8 Å². The van der Waals surface area contributed by atoms with Crippen LogP contribution >= 0.6 is 0 Å². The van der Waals surface area contributed by atoms with Gasteiger partial charge in [-0.2, -0.15) is 0 Å². The van der Waals surface area contributed by atoms with E-state index in [-0.39, 0.29) is 13.1 Å². The zero-order chi connectivity index (χ0) is 9.30. The second kappa shape index (κ2) is 2.98. The molecule has 0 radical (unpaired) electrons. The molecule has 1 fully saturated rings. The highest BCUT2D eigenvalue weighted by atomic mass is 16.4. The zero-order valence-electron chi connectivity index (χ0n) is 6.30. The van der Waals surface area contributed by atoms with Crippen LogP contribution in [0.5, 0.6) is 0 Å². The van der Waals surface area contributed by atoms with Gasteiger partial charge in [0.25, 0.3) is 0 Å². The average molecular weight is 174 g/mol. The number of aliphatic carboxylic acids is 1. The minimum atomic E-state index is -1.12. The summed E-state index contributed by atoms with van der Waals surface area (Å²) < 4.78 is 0. The van der Waals surface area contributed by atoms with Crippen LogP contribution in [0, 0.1) is 5.92 Å². The number of hydrogen-bond donors (Lipinski definition) is 3. The summed E-state index contributed by atoms with van der Waals surface area (Å²) in [6, 6.07) is -0.585. The second-order valence-electron chi connectivity index (χ2n) is 2.80. The van der Waals surface area contributed by atoms with Crippen molar-refractivity contribution in [3.05, 3.63) is 0 Å². The van der Waals surface area contributed by atoms with E-state index in [0.717, 1.165) is 4.90 Å². The van der Waals surface area contributed by atoms with E-state index >= 15 is 0 Å². The quantitative estimate of drug-likeness (QED) is 0.473. The third kappa shape index (κ3) is 1.48. The minimum absolute atomic E-state index is 0.00810. The molecule has 12 heavy (non-hydrogen) atoms. The van der Waals surface area contributed by atoms with Crippen molar-refractivity contribution in [3.8, 4) is 0 Å². The van der Waals surface area contributed by atoms with E-state index < -0.39 is 24.0 Å². The summed E-state index contributed by atoms with van der Waals surface area (Å²) in [6.07, 6.45) is -1.12. The number of nitrogens with two attached hydrogens (primary N) is 1. The number of hydrogen-bond acceptors (Lipinski definition) is 3. The normalized spacial score (nSPS) is 28.9. The highest BCUT2D eigenvalue weighted by Gasteiger charge is 2.37. The fraction of sp³-hybridized carbons (Fsp3) is 0.667. The molecular formula is C6H10N2O4. The lowest BCUT2D eigenvalue weighted by Crippen LogP contribution is -2.34. The molecule has 1 saturated heterocycles. The molecule has 0 unspecified atom stereocenters. The van der Waals surface area contributed by atoms with Gasteiger partial charge in [-0.15, -0.1) is 0 Å². The van der Waals surface area contributed by atoms with Gasteiger partial charge in [-0.1, -0.05) is 0 Å². The van der Waals surface area contributed by atoms with Crippen LogP contribution in [-0.2, 0) is 4.79 Å². The van der Waals surface area contributed by atoms with E-state index in [4.69, 9.17) is 15.9 Å². The molecule has 0 aliphatic carbocycles. The second-order valence-corrected chi connectivity index (χ2v) is 2.80. The van der Waals surface area contributed by atoms with Crippen LogP contribution in [0.25, 0.3) is 0 Å². The third-order valence-corrected chi connectivity index (χ3v) is 1.95. The molecule has 0 bridgehead atoms. The van der Waals surface area contributed by atoms with Crippen LogP contribution in [0.15, 0.2) is 0 Å². The first-order valence-electron chi connectivity index (χ1n) is 3.48. The van der Waals surface area contributed by atoms with Crippen molar-refractivity contribution in [3.63, 3.8) is 0 Å². The van der Waals surface area contributed by atoms with Gasteiger partial charge in [-0.05, 0) is 0 Å². The number of carbonyl (C=O) groups is 2. The summed E-state index contributed by atoms with van der Waals surface area (Å²) in [5, 5.41) is 17.1. The molecule has 1 amide bonds. The Morgan fingerprint density at radius 1 is 1.33 bits per heavy atom. The van der Waals surface area contributed by atoms with Crippen molar-refractivity contribution in [2.24, 2.45) is 11.7 Å². The number of likely N-dealkylation sites (tertiary alicyclic amines) is 1. The van der Waals surface area contributed by atoms with Gasteiger partial charge in [0, 0.05) is 19.1 Å². The molecule has 0 spiro atoms. The summed E-state index contributed by atoms with van der Waals surface area (Å²) >= 11 is 0. The topological polar surface area (TPSA) is 104 Å². The first-order chi connectivity index (χ1) is 5.52. The molecule has 2 atom stereocenters. The molecule has 1 rings (SSSR count). The molecule has 6 heteroatoms. The lowest BCUT2D eigenvalue weighted by Gasteiger charge is -2.08. The zero-order valence-corrected chi connectivity index (χ0v) is 6.30. The van der Waals surface area contributed by atoms with Gasteiger partial charge < -0.3 is 20.8 Å². The van der Waals surface area contributed by atoms with Crippen molar-refractivity contribution in [2.45, 2.75) is 6.04 Å². The predicted molar refractivity (Wildman–Crippen MR) is 38.7 cm³/mol. The number of carboxylic acids is 1. The first-order valence-corrected chi connectivity index (χ1v) is 3.48. The molecule has 1 aliphatic heterocycles. The maximum absolute atomic E-state index is 10.5. The maximum Gasteiger partial charge on any atom is 0.407 e. The van der Waals surface area contributed by atoms with E-state index in [9.17, 15) is 9.59 Å². The highest BCUT2D eigenvalue weighted by molar-refractivity contribution is 5.74. The van der Waals surface area contributed by atoms with Crippen LogP contribution in [-0.4, -0.2) is 46.3 Å². The SMILES string of the molecule is N[C@@H]1CN(C(=O)O)C[C@@H]1C(=O)O. The summed E-state index contributed by atoms with van der Waals surface area (Å²) in [6.45, 7) is 0.0954. The van der Waals surface area contributed by atoms with Crippen molar-refractivity contribution in [1.29, 1.82) is 0 Å². The van der Waals surface area contributed by atoms with Crippen LogP contribution in [0.3, 0.4) is 0 Å². The molecule has 4 N–H and O–H groups in total. The van der Waals surface area contributed by atoms with Crippen LogP contribution < -0.4 is 5.73 Å². The van der Waals surface area contributed by atoms with Gasteiger partial charge in [0.05, 0.1) is 5.92 Å². The summed E-state index contributed by atoms with van der Waals surface area (Å²) in [5.41, 5.74) is 5.42. The van der Waals surface area contributed by atoms with Gasteiger partial charge in [0.2, 0.25) is 0 Å². The average Bonchev–Trinajstić information content (AvgIpc) is 2.30. The number of amides is 1. The summed E-state index contributed by atoms with van der Waals surface area (Å²) in [7, 11) is 0. The van der Waals surface area contributed by atoms with Crippen LogP contribution in [0.1, 0.15) is 0 Å². The smallest absolute Gasteiger partial charge is 0.407 e. The number of carboxylic acid groups (broad SMARTS) is 2. The van der Waals surface area contributed by atoms with Crippen molar-refractivity contribution in [1.82, 2.24) is 4.90 Å². The lowest BCUT2D eigenvalue weighted by molar-refractivity contribution is -0.141. The molecule has 1 heterocycles. The Morgan fingerprint density at radius 3 is 2.17 bits per heavy atom. The predicted octanol–water partition coefficient (Wildman–Crippen LogP) is -0.992. The van der Waals surface area contributed by atoms with E-state index in [2.05, 4.69) is 0 Å². The Morgan fingerprint density at radius 2 is 1.92 bits per heavy atom. The van der Waals surface area contributed by atoms with Crippen molar-refractivity contribution in [2.75, 3.05) is 13.1 Å². The van der Waals surface area contributed by atoms with Gasteiger partial charge in [-0.25, -0.2) is 4.79 Å². The van der Waals surface area contributed by atoms with Crippen LogP contribution in [0.2, 0.25) is 0 Å². The van der Waals surface area contributed by atoms with Gasteiger partial charge in [0.1, 0.15) is 0 Å². The van der Waals surface area contributed by atoms with E-state index in [1.165, 1.54) is 0 Å². The maximum atomic E-state index is 10.5. The minimum Gasteiger partial charge on any atom is -0.481 e. The Kier molecular flexibility index (Phi) is 2.18. The highest BCUT2D eigenvalue weighted by Crippen LogP contribution is 2.15. The summed E-state index contributed by atoms with van der Waals surface area (Å²) in [5.74, 6) is -1.80. The van der Waals surface area contributed by atoms with Crippen LogP contribution in [0.4, 0.5) is 4.79 Å². The Balaban J connectivity index is 2.62.